The second-order valence-electron chi connectivity index (χ2n) is 4.31. The molecule has 0 fully saturated rings. The van der Waals surface area contributed by atoms with E-state index in [-0.39, 0.29) is 11.8 Å². The lowest BCUT2D eigenvalue weighted by Crippen LogP contribution is -2.19. The summed E-state index contributed by atoms with van der Waals surface area (Å²) in [6.45, 7) is 4.50. The van der Waals surface area contributed by atoms with E-state index in [1.807, 2.05) is 25.3 Å². The predicted octanol–water partition coefficient (Wildman–Crippen LogP) is 2.34. The third kappa shape index (κ3) is 3.05. The number of aryl methyl sites for hydroxylation is 1. The number of pyridine rings is 2. The molecule has 0 amide bonds. The maximum absolute atomic E-state index is 9.70. The van der Waals surface area contributed by atoms with Gasteiger partial charge in [0.1, 0.15) is 5.75 Å². The van der Waals surface area contributed by atoms with Crippen LogP contribution in [0.5, 0.6) is 5.75 Å². The third-order valence-electron chi connectivity index (χ3n) is 2.85. The van der Waals surface area contributed by atoms with E-state index >= 15 is 0 Å². The molecule has 0 unspecified atom stereocenters. The number of hydrogen-bond donors (Lipinski definition) is 2. The fourth-order valence-corrected chi connectivity index (χ4v) is 1.73. The Morgan fingerprint density at radius 2 is 2.17 bits per heavy atom. The van der Waals surface area contributed by atoms with E-state index in [9.17, 15) is 5.11 Å². The molecule has 0 aromatic carbocycles. The molecule has 0 spiro atoms. The number of nitrogens with zero attached hydrogens (tertiary/aromatic N) is 2. The summed E-state index contributed by atoms with van der Waals surface area (Å²) in [7, 11) is 0. The zero-order valence-electron chi connectivity index (χ0n) is 10.6. The van der Waals surface area contributed by atoms with Crippen LogP contribution in [-0.4, -0.2) is 15.1 Å². The first-order valence-corrected chi connectivity index (χ1v) is 5.95. The minimum absolute atomic E-state index is 0.167. The van der Waals surface area contributed by atoms with Crippen LogP contribution in [0.1, 0.15) is 29.9 Å². The van der Waals surface area contributed by atoms with Crippen LogP contribution in [0.4, 0.5) is 0 Å². The zero-order chi connectivity index (χ0) is 13.0. The smallest absolute Gasteiger partial charge is 0.138 e. The van der Waals surface area contributed by atoms with Gasteiger partial charge in [-0.1, -0.05) is 6.07 Å². The van der Waals surface area contributed by atoms with Crippen LogP contribution in [0.2, 0.25) is 0 Å². The lowest BCUT2D eigenvalue weighted by atomic mass is 10.1. The number of aromatic hydroxyl groups is 1. The quantitative estimate of drug-likeness (QED) is 0.865. The minimum atomic E-state index is 0.167. The molecule has 0 aliphatic heterocycles. The zero-order valence-corrected chi connectivity index (χ0v) is 10.6. The van der Waals surface area contributed by atoms with Crippen LogP contribution in [0.15, 0.2) is 36.7 Å². The van der Waals surface area contributed by atoms with E-state index in [4.69, 9.17) is 0 Å². The third-order valence-corrected chi connectivity index (χ3v) is 2.85. The van der Waals surface area contributed by atoms with Gasteiger partial charge < -0.3 is 10.4 Å². The summed E-state index contributed by atoms with van der Waals surface area (Å²) in [4.78, 5) is 8.40. The topological polar surface area (TPSA) is 58.0 Å². The first-order valence-electron chi connectivity index (χ1n) is 5.95. The molecule has 0 bridgehead atoms. The van der Waals surface area contributed by atoms with Crippen LogP contribution < -0.4 is 5.32 Å². The van der Waals surface area contributed by atoms with E-state index in [1.165, 1.54) is 0 Å². The van der Waals surface area contributed by atoms with Crippen molar-refractivity contribution < 1.29 is 5.11 Å². The van der Waals surface area contributed by atoms with Crippen molar-refractivity contribution in [2.24, 2.45) is 0 Å². The number of nitrogens with one attached hydrogen (secondary N) is 1. The van der Waals surface area contributed by atoms with Gasteiger partial charge in [-0.15, -0.1) is 0 Å². The molecule has 2 N–H and O–H groups in total. The average molecular weight is 243 g/mol. The summed E-state index contributed by atoms with van der Waals surface area (Å²) < 4.78 is 0. The van der Waals surface area contributed by atoms with Gasteiger partial charge in [-0.3, -0.25) is 9.97 Å². The molecule has 94 valence electrons. The summed E-state index contributed by atoms with van der Waals surface area (Å²) in [5.41, 5.74) is 2.69. The van der Waals surface area contributed by atoms with Crippen molar-refractivity contribution >= 4 is 0 Å². The Balaban J connectivity index is 2.01. The Bertz CT molecular complexity index is 514. The van der Waals surface area contributed by atoms with Crippen molar-refractivity contribution in [2.75, 3.05) is 0 Å². The first-order chi connectivity index (χ1) is 8.66. The summed E-state index contributed by atoms with van der Waals surface area (Å²) in [6.07, 6.45) is 3.59. The van der Waals surface area contributed by atoms with E-state index in [0.717, 1.165) is 11.3 Å². The van der Waals surface area contributed by atoms with Crippen molar-refractivity contribution in [3.05, 3.63) is 53.6 Å². The minimum Gasteiger partial charge on any atom is -0.506 e. The molecule has 18 heavy (non-hydrogen) atoms. The van der Waals surface area contributed by atoms with Crippen LogP contribution in [0.25, 0.3) is 0 Å². The molecule has 4 heteroatoms. The Labute approximate surface area is 107 Å². The van der Waals surface area contributed by atoms with E-state index in [0.29, 0.717) is 12.2 Å². The lowest BCUT2D eigenvalue weighted by Gasteiger charge is -2.14. The Hall–Kier alpha value is -1.94. The molecule has 0 saturated heterocycles. The van der Waals surface area contributed by atoms with Gasteiger partial charge in [0.05, 0.1) is 5.69 Å². The highest BCUT2D eigenvalue weighted by Crippen LogP contribution is 2.16. The van der Waals surface area contributed by atoms with Gasteiger partial charge in [-0.25, -0.2) is 0 Å². The number of aromatic nitrogens is 2. The van der Waals surface area contributed by atoms with Crippen LogP contribution in [0.3, 0.4) is 0 Å². The van der Waals surface area contributed by atoms with Crippen molar-refractivity contribution in [1.29, 1.82) is 0 Å². The maximum Gasteiger partial charge on any atom is 0.138 e. The molecular formula is C14H17N3O. The fourth-order valence-electron chi connectivity index (χ4n) is 1.73. The van der Waals surface area contributed by atoms with Gasteiger partial charge in [0.25, 0.3) is 0 Å². The highest BCUT2D eigenvalue weighted by Gasteiger charge is 2.07. The van der Waals surface area contributed by atoms with Crippen molar-refractivity contribution in [3.63, 3.8) is 0 Å². The van der Waals surface area contributed by atoms with Crippen LogP contribution in [0, 0.1) is 6.92 Å². The normalized spacial score (nSPS) is 12.3. The Morgan fingerprint density at radius 3 is 2.89 bits per heavy atom. The molecule has 0 radical (unpaired) electrons. The average Bonchev–Trinajstić information content (AvgIpc) is 2.40. The molecule has 2 aromatic heterocycles. The first kappa shape index (κ1) is 12.5. The summed E-state index contributed by atoms with van der Waals surface area (Å²) in [6, 6.07) is 7.57. The Kier molecular flexibility index (Phi) is 3.89. The van der Waals surface area contributed by atoms with Gasteiger partial charge in [-0.05, 0) is 37.6 Å². The van der Waals surface area contributed by atoms with Gasteiger partial charge in [0.15, 0.2) is 0 Å². The second kappa shape index (κ2) is 5.60. The van der Waals surface area contributed by atoms with Gasteiger partial charge in [-0.2, -0.15) is 0 Å². The lowest BCUT2D eigenvalue weighted by molar-refractivity contribution is 0.454. The standard InChI is InChI=1S/C14H17N3O/c1-10-5-6-14(18)13(17-10)9-16-11(2)12-4-3-7-15-8-12/h3-8,11,16,18H,9H2,1-2H3/t11-/m1/s1. The summed E-state index contributed by atoms with van der Waals surface area (Å²) in [5.74, 6) is 0.228. The SMILES string of the molecule is Cc1ccc(O)c(CN[C@H](C)c2cccnc2)n1. The molecular weight excluding hydrogens is 226 g/mol. The molecule has 0 saturated carbocycles. The summed E-state index contributed by atoms with van der Waals surface area (Å²) in [5, 5.41) is 13.0. The van der Waals surface area contributed by atoms with Crippen molar-refractivity contribution in [1.82, 2.24) is 15.3 Å². The predicted molar refractivity (Wildman–Crippen MR) is 70.1 cm³/mol. The number of rotatable bonds is 4. The molecule has 2 rings (SSSR count). The fraction of sp³-hybridized carbons (Fsp3) is 0.286. The van der Waals surface area contributed by atoms with Gasteiger partial charge >= 0.3 is 0 Å². The monoisotopic (exact) mass is 243 g/mol. The molecule has 1 atom stereocenters. The maximum atomic E-state index is 9.70. The van der Waals surface area contributed by atoms with E-state index in [1.54, 1.807) is 18.3 Å². The molecule has 2 aromatic rings. The highest BCUT2D eigenvalue weighted by molar-refractivity contribution is 5.27. The van der Waals surface area contributed by atoms with E-state index in [2.05, 4.69) is 22.2 Å². The molecule has 0 aliphatic rings. The van der Waals surface area contributed by atoms with Crippen molar-refractivity contribution in [3.8, 4) is 5.75 Å². The van der Waals surface area contributed by atoms with Crippen molar-refractivity contribution in [2.45, 2.75) is 26.4 Å². The Morgan fingerprint density at radius 1 is 1.33 bits per heavy atom. The van der Waals surface area contributed by atoms with Crippen LogP contribution >= 0.6 is 0 Å². The molecule has 2 heterocycles. The largest absolute Gasteiger partial charge is 0.506 e. The number of hydrogen-bond acceptors (Lipinski definition) is 4. The highest BCUT2D eigenvalue weighted by atomic mass is 16.3. The second-order valence-corrected chi connectivity index (χ2v) is 4.31. The van der Waals surface area contributed by atoms with Gasteiger partial charge in [0.2, 0.25) is 0 Å². The van der Waals surface area contributed by atoms with E-state index < -0.39 is 0 Å². The molecule has 0 aliphatic carbocycles. The molecule has 4 nitrogen and oxygen atoms in total. The van der Waals surface area contributed by atoms with Gasteiger partial charge in [0, 0.05) is 30.7 Å². The summed E-state index contributed by atoms with van der Waals surface area (Å²) >= 11 is 0. The van der Waals surface area contributed by atoms with Crippen LogP contribution in [-0.2, 0) is 6.54 Å².